The van der Waals surface area contributed by atoms with Crippen molar-refractivity contribution in [2.24, 2.45) is 4.99 Å². The first kappa shape index (κ1) is 24.2. The summed E-state index contributed by atoms with van der Waals surface area (Å²) in [6.45, 7) is 0. The van der Waals surface area contributed by atoms with E-state index >= 15 is 0 Å². The molecule has 11 heteroatoms. The van der Waals surface area contributed by atoms with E-state index in [0.29, 0.717) is 17.2 Å². The summed E-state index contributed by atoms with van der Waals surface area (Å²) in [6.07, 6.45) is -9.58. The first-order valence-corrected chi connectivity index (χ1v) is 9.83. The van der Waals surface area contributed by atoms with Gasteiger partial charge in [-0.05, 0) is 60.7 Å². The van der Waals surface area contributed by atoms with Crippen molar-refractivity contribution in [3.05, 3.63) is 92.4 Å². The van der Waals surface area contributed by atoms with Gasteiger partial charge in [0.1, 0.15) is 5.84 Å². The molecule has 0 heterocycles. The van der Waals surface area contributed by atoms with Gasteiger partial charge in [-0.1, -0.05) is 34.8 Å². The number of nitrogens with one attached hydrogen (secondary N) is 1. The normalized spacial score (nSPS) is 12.7. The highest BCUT2D eigenvalue weighted by molar-refractivity contribution is 6.31. The van der Waals surface area contributed by atoms with E-state index in [1.165, 1.54) is 36.4 Å². The summed E-state index contributed by atoms with van der Waals surface area (Å²) in [5.41, 5.74) is -3.05. The van der Waals surface area contributed by atoms with Gasteiger partial charge in [-0.3, -0.25) is 0 Å². The van der Waals surface area contributed by atoms with Crippen LogP contribution in [0, 0.1) is 0 Å². The molecule has 0 atom stereocenters. The molecule has 0 radical (unpaired) electrons. The smallest absolute Gasteiger partial charge is 0.339 e. The number of amidine groups is 1. The number of rotatable bonds is 3. The number of hydrogen-bond donors (Lipinski definition) is 1. The lowest BCUT2D eigenvalue weighted by Gasteiger charge is -2.17. The fraction of sp³-hybridized carbons (Fsp3) is 0.0952. The van der Waals surface area contributed by atoms with Crippen molar-refractivity contribution in [1.82, 2.24) is 0 Å². The maximum Gasteiger partial charge on any atom is 0.418 e. The second-order valence-electron chi connectivity index (χ2n) is 6.44. The Kier molecular flexibility index (Phi) is 6.97. The van der Waals surface area contributed by atoms with Crippen LogP contribution in [0.25, 0.3) is 0 Å². The van der Waals surface area contributed by atoms with Crippen molar-refractivity contribution < 1.29 is 26.3 Å². The van der Waals surface area contributed by atoms with Crippen LogP contribution in [0.3, 0.4) is 0 Å². The van der Waals surface area contributed by atoms with Gasteiger partial charge in [0.2, 0.25) is 0 Å². The number of hydrogen-bond acceptors (Lipinski definition) is 1. The minimum atomic E-state index is -4.80. The summed E-state index contributed by atoms with van der Waals surface area (Å²) >= 11 is 17.2. The number of aliphatic imine (C=N–C) groups is 1. The Balaban J connectivity index is 2.20. The Morgan fingerprint density at radius 2 is 1.16 bits per heavy atom. The summed E-state index contributed by atoms with van der Waals surface area (Å²) in [4.78, 5) is 3.99. The minimum Gasteiger partial charge on any atom is -0.339 e. The van der Waals surface area contributed by atoms with Crippen LogP contribution < -0.4 is 5.32 Å². The van der Waals surface area contributed by atoms with E-state index in [-0.39, 0.29) is 21.4 Å². The van der Waals surface area contributed by atoms with Crippen LogP contribution in [0.1, 0.15) is 16.7 Å². The molecule has 0 saturated heterocycles. The van der Waals surface area contributed by atoms with E-state index in [1.54, 1.807) is 0 Å². The summed E-state index contributed by atoms with van der Waals surface area (Å²) in [5.74, 6) is -0.276. The predicted octanol–water partition coefficient (Wildman–Crippen LogP) is 8.87. The van der Waals surface area contributed by atoms with Crippen LogP contribution in [-0.2, 0) is 12.4 Å². The van der Waals surface area contributed by atoms with Crippen LogP contribution in [0.2, 0.25) is 15.1 Å². The molecule has 2 nitrogen and oxygen atoms in total. The first-order valence-electron chi connectivity index (χ1n) is 8.70. The Morgan fingerprint density at radius 1 is 0.656 bits per heavy atom. The average Bonchev–Trinajstić information content (AvgIpc) is 2.69. The topological polar surface area (TPSA) is 24.4 Å². The molecule has 0 unspecified atom stereocenters. The monoisotopic (exact) mass is 510 g/mol. The third kappa shape index (κ3) is 5.88. The van der Waals surface area contributed by atoms with E-state index in [0.717, 1.165) is 12.1 Å². The van der Waals surface area contributed by atoms with Crippen LogP contribution in [-0.4, -0.2) is 5.84 Å². The van der Waals surface area contributed by atoms with Gasteiger partial charge in [-0.2, -0.15) is 26.3 Å². The Bertz CT molecular complexity index is 1160. The van der Waals surface area contributed by atoms with Crippen molar-refractivity contribution in [2.45, 2.75) is 12.4 Å². The van der Waals surface area contributed by atoms with E-state index < -0.39 is 34.9 Å². The molecule has 3 aromatic rings. The molecule has 3 rings (SSSR count). The highest BCUT2D eigenvalue weighted by Gasteiger charge is 2.35. The molecule has 0 spiro atoms. The van der Waals surface area contributed by atoms with E-state index in [9.17, 15) is 26.3 Å². The summed E-state index contributed by atoms with van der Waals surface area (Å²) in [7, 11) is 0. The number of alkyl halides is 6. The number of benzene rings is 3. The minimum absolute atomic E-state index is 0.162. The summed E-state index contributed by atoms with van der Waals surface area (Å²) < 4.78 is 81.0. The third-order valence-corrected chi connectivity index (χ3v) is 4.88. The molecule has 0 aliphatic carbocycles. The lowest BCUT2D eigenvalue weighted by Crippen LogP contribution is -2.18. The molecule has 32 heavy (non-hydrogen) atoms. The van der Waals surface area contributed by atoms with Crippen LogP contribution in [0.5, 0.6) is 0 Å². The number of nitrogens with zero attached hydrogens (tertiary/aromatic N) is 1. The van der Waals surface area contributed by atoms with E-state index in [4.69, 9.17) is 34.8 Å². The molecule has 1 N–H and O–H groups in total. The van der Waals surface area contributed by atoms with Crippen molar-refractivity contribution in [1.29, 1.82) is 0 Å². The Morgan fingerprint density at radius 3 is 1.72 bits per heavy atom. The van der Waals surface area contributed by atoms with Crippen LogP contribution >= 0.6 is 34.8 Å². The first-order chi connectivity index (χ1) is 14.8. The van der Waals surface area contributed by atoms with Crippen molar-refractivity contribution in [2.75, 3.05) is 5.32 Å². The van der Waals surface area contributed by atoms with Crippen molar-refractivity contribution in [3.8, 4) is 0 Å². The maximum atomic E-state index is 13.5. The lowest BCUT2D eigenvalue weighted by atomic mass is 10.1. The molecular formula is C21H11Cl3F6N2. The largest absolute Gasteiger partial charge is 0.418 e. The van der Waals surface area contributed by atoms with Gasteiger partial charge in [0, 0.05) is 20.6 Å². The fourth-order valence-corrected chi connectivity index (χ4v) is 3.18. The average molecular weight is 512 g/mol. The van der Waals surface area contributed by atoms with Gasteiger partial charge in [-0.15, -0.1) is 0 Å². The molecular weight excluding hydrogens is 501 g/mol. The summed E-state index contributed by atoms with van der Waals surface area (Å²) in [5, 5.41) is 2.47. The van der Waals surface area contributed by atoms with E-state index in [1.807, 2.05) is 0 Å². The molecule has 0 saturated carbocycles. The van der Waals surface area contributed by atoms with E-state index in [2.05, 4.69) is 10.3 Å². The van der Waals surface area contributed by atoms with Crippen LogP contribution in [0.4, 0.5) is 37.7 Å². The van der Waals surface area contributed by atoms with Gasteiger partial charge in [-0.25, -0.2) is 4.99 Å². The van der Waals surface area contributed by atoms with Gasteiger partial charge >= 0.3 is 12.4 Å². The molecule has 3 aromatic carbocycles. The molecule has 0 bridgehead atoms. The predicted molar refractivity (Wildman–Crippen MR) is 114 cm³/mol. The van der Waals surface area contributed by atoms with Crippen molar-refractivity contribution >= 4 is 52.0 Å². The zero-order valence-corrected chi connectivity index (χ0v) is 17.9. The summed E-state index contributed by atoms with van der Waals surface area (Å²) in [6, 6.07) is 11.5. The molecule has 168 valence electrons. The second-order valence-corrected chi connectivity index (χ2v) is 7.75. The Labute approximate surface area is 193 Å². The molecule has 0 fully saturated rings. The van der Waals surface area contributed by atoms with Crippen molar-refractivity contribution in [3.63, 3.8) is 0 Å². The number of anilines is 1. The standard InChI is InChI=1S/C21H11Cl3F6N2/c22-12-3-1-11(2-4-12)19(31-17-7-5-13(23)9-15(17)20(25,26)27)32-18-8-6-14(24)10-16(18)21(28,29)30/h1-10H,(H,31,32). The Hall–Kier alpha value is -2.42. The maximum absolute atomic E-state index is 13.5. The van der Waals surface area contributed by atoms with Gasteiger partial charge in [0.25, 0.3) is 0 Å². The highest BCUT2D eigenvalue weighted by atomic mass is 35.5. The molecule has 0 aliphatic rings. The quantitative estimate of drug-likeness (QED) is 0.212. The number of halogens is 9. The van der Waals surface area contributed by atoms with Crippen LogP contribution in [0.15, 0.2) is 65.7 Å². The molecule has 0 aliphatic heterocycles. The van der Waals surface area contributed by atoms with Gasteiger partial charge < -0.3 is 5.32 Å². The second kappa shape index (κ2) is 9.21. The zero-order valence-electron chi connectivity index (χ0n) is 15.6. The highest BCUT2D eigenvalue weighted by Crippen LogP contribution is 2.39. The SMILES string of the molecule is FC(F)(F)c1cc(Cl)ccc1N=C(Nc1ccc(Cl)cc1C(F)(F)F)c1ccc(Cl)cc1. The third-order valence-electron chi connectivity index (χ3n) is 4.15. The van der Waals surface area contributed by atoms with Gasteiger partial charge in [0.05, 0.1) is 22.5 Å². The zero-order chi connectivity index (χ0) is 23.7. The molecule has 0 amide bonds. The fourth-order valence-electron chi connectivity index (χ4n) is 2.71. The lowest BCUT2D eigenvalue weighted by molar-refractivity contribution is -0.137. The van der Waals surface area contributed by atoms with Gasteiger partial charge in [0.15, 0.2) is 0 Å². The molecule has 0 aromatic heterocycles.